The highest BCUT2D eigenvalue weighted by molar-refractivity contribution is 6.00. The van der Waals surface area contributed by atoms with Crippen molar-refractivity contribution in [3.63, 3.8) is 0 Å². The molecule has 0 fully saturated rings. The number of benzene rings is 1. The van der Waals surface area contributed by atoms with Gasteiger partial charge < -0.3 is 15.2 Å². The van der Waals surface area contributed by atoms with Gasteiger partial charge in [0.15, 0.2) is 11.5 Å². The van der Waals surface area contributed by atoms with E-state index in [2.05, 4.69) is 4.98 Å². The van der Waals surface area contributed by atoms with Crippen LogP contribution >= 0.6 is 0 Å². The molecule has 108 valence electrons. The molecular formula is C16H16N2O3. The number of nitrogens with two attached hydrogens (primary N) is 1. The summed E-state index contributed by atoms with van der Waals surface area (Å²) in [5.41, 5.74) is 8.97. The third-order valence-corrected chi connectivity index (χ3v) is 3.41. The molecule has 2 heterocycles. The van der Waals surface area contributed by atoms with Gasteiger partial charge in [-0.3, -0.25) is 9.78 Å². The monoisotopic (exact) mass is 284 g/mol. The third-order valence-electron chi connectivity index (χ3n) is 3.41. The van der Waals surface area contributed by atoms with Gasteiger partial charge in [0.05, 0.1) is 11.3 Å². The van der Waals surface area contributed by atoms with Gasteiger partial charge in [-0.25, -0.2) is 0 Å². The Bertz CT molecular complexity index is 726. The molecule has 0 atom stereocenters. The van der Waals surface area contributed by atoms with Crippen molar-refractivity contribution in [2.75, 3.05) is 13.2 Å². The molecule has 1 amide bonds. The minimum atomic E-state index is -0.482. The number of carbonyl (C=O) groups excluding carboxylic acids is 1. The zero-order chi connectivity index (χ0) is 15.0. The number of fused-ring (bicyclic) bond motifs is 1. The summed E-state index contributed by atoms with van der Waals surface area (Å²) in [6, 6.07) is 7.37. The summed E-state index contributed by atoms with van der Waals surface area (Å²) in [6.07, 6.45) is 0. The minimum absolute atomic E-state index is 0.442. The van der Waals surface area contributed by atoms with Crippen LogP contribution in [0.2, 0.25) is 0 Å². The van der Waals surface area contributed by atoms with E-state index in [1.807, 2.05) is 38.1 Å². The van der Waals surface area contributed by atoms with Crippen LogP contribution in [0.5, 0.6) is 11.5 Å². The second-order valence-electron chi connectivity index (χ2n) is 5.03. The Labute approximate surface area is 122 Å². The first-order chi connectivity index (χ1) is 10.1. The molecule has 1 aliphatic heterocycles. The third kappa shape index (κ3) is 2.42. The van der Waals surface area contributed by atoms with Crippen molar-refractivity contribution in [2.24, 2.45) is 5.73 Å². The molecule has 1 aromatic heterocycles. The van der Waals surface area contributed by atoms with Gasteiger partial charge in [-0.15, -0.1) is 0 Å². The molecule has 3 rings (SSSR count). The number of nitrogens with zero attached hydrogens (tertiary/aromatic N) is 1. The minimum Gasteiger partial charge on any atom is -0.486 e. The molecule has 5 heteroatoms. The van der Waals surface area contributed by atoms with Gasteiger partial charge >= 0.3 is 0 Å². The molecule has 0 bridgehead atoms. The standard InChI is InChI=1S/C16H16N2O3/c1-9-7-10(2)18-15(14(9)16(17)19)11-3-4-12-13(8-11)21-6-5-20-12/h3-4,7-8H,5-6H2,1-2H3,(H2,17,19). The van der Waals surface area contributed by atoms with E-state index in [0.717, 1.165) is 16.8 Å². The molecule has 1 aliphatic rings. The van der Waals surface area contributed by atoms with Gasteiger partial charge in [-0.05, 0) is 43.7 Å². The number of primary amides is 1. The van der Waals surface area contributed by atoms with E-state index in [4.69, 9.17) is 15.2 Å². The number of carbonyl (C=O) groups is 1. The Kier molecular flexibility index (Phi) is 3.25. The van der Waals surface area contributed by atoms with E-state index in [1.54, 1.807) is 0 Å². The molecule has 2 N–H and O–H groups in total. The zero-order valence-electron chi connectivity index (χ0n) is 12.0. The topological polar surface area (TPSA) is 74.4 Å². The Hall–Kier alpha value is -2.56. The molecule has 0 aliphatic carbocycles. The largest absolute Gasteiger partial charge is 0.486 e. The predicted molar refractivity (Wildman–Crippen MR) is 78.7 cm³/mol. The normalized spacial score (nSPS) is 13.0. The fraction of sp³-hybridized carbons (Fsp3) is 0.250. The summed E-state index contributed by atoms with van der Waals surface area (Å²) in [6.45, 7) is 4.80. The van der Waals surface area contributed by atoms with E-state index in [9.17, 15) is 4.79 Å². The summed E-state index contributed by atoms with van der Waals surface area (Å²) in [4.78, 5) is 16.2. The summed E-state index contributed by atoms with van der Waals surface area (Å²) < 4.78 is 11.1. The van der Waals surface area contributed by atoms with Crippen LogP contribution < -0.4 is 15.2 Å². The highest BCUT2D eigenvalue weighted by Gasteiger charge is 2.18. The second-order valence-corrected chi connectivity index (χ2v) is 5.03. The van der Waals surface area contributed by atoms with E-state index < -0.39 is 5.91 Å². The first kappa shape index (κ1) is 13.4. The number of hydrogen-bond acceptors (Lipinski definition) is 4. The number of ether oxygens (including phenoxy) is 2. The number of amides is 1. The Morgan fingerprint density at radius 3 is 2.57 bits per heavy atom. The van der Waals surface area contributed by atoms with Gasteiger partial charge in [0.25, 0.3) is 5.91 Å². The van der Waals surface area contributed by atoms with Gasteiger partial charge in [-0.1, -0.05) is 0 Å². The van der Waals surface area contributed by atoms with Crippen LogP contribution in [0.4, 0.5) is 0 Å². The molecule has 0 saturated carbocycles. The maximum absolute atomic E-state index is 11.7. The number of rotatable bonds is 2. The second kappa shape index (κ2) is 5.09. The summed E-state index contributed by atoms with van der Waals surface area (Å²) in [7, 11) is 0. The van der Waals surface area contributed by atoms with E-state index >= 15 is 0 Å². The highest BCUT2D eigenvalue weighted by atomic mass is 16.6. The number of pyridine rings is 1. The fourth-order valence-corrected chi connectivity index (χ4v) is 2.55. The molecule has 5 nitrogen and oxygen atoms in total. The van der Waals surface area contributed by atoms with Gasteiger partial charge in [-0.2, -0.15) is 0 Å². The summed E-state index contributed by atoms with van der Waals surface area (Å²) >= 11 is 0. The van der Waals surface area contributed by atoms with Crippen molar-refractivity contribution in [1.82, 2.24) is 4.98 Å². The SMILES string of the molecule is Cc1cc(C)c(C(N)=O)c(-c2ccc3c(c2)OCCO3)n1. The van der Waals surface area contributed by atoms with Crippen LogP contribution in [-0.4, -0.2) is 24.1 Å². The number of aryl methyl sites for hydroxylation is 2. The average molecular weight is 284 g/mol. The molecular weight excluding hydrogens is 268 g/mol. The maximum atomic E-state index is 11.7. The lowest BCUT2D eigenvalue weighted by Gasteiger charge is -2.19. The molecule has 2 aromatic rings. The lowest BCUT2D eigenvalue weighted by atomic mass is 10.00. The number of aromatic nitrogens is 1. The summed E-state index contributed by atoms with van der Waals surface area (Å²) in [5.74, 6) is 0.884. The number of hydrogen-bond donors (Lipinski definition) is 1. The van der Waals surface area contributed by atoms with Crippen LogP contribution in [0.25, 0.3) is 11.3 Å². The lowest BCUT2D eigenvalue weighted by molar-refractivity contribution is 0.1000. The van der Waals surface area contributed by atoms with Crippen molar-refractivity contribution >= 4 is 5.91 Å². The lowest BCUT2D eigenvalue weighted by Crippen LogP contribution is -2.17. The fourth-order valence-electron chi connectivity index (χ4n) is 2.55. The van der Waals surface area contributed by atoms with Crippen LogP contribution in [0.1, 0.15) is 21.6 Å². The van der Waals surface area contributed by atoms with Gasteiger partial charge in [0, 0.05) is 11.3 Å². The molecule has 0 radical (unpaired) electrons. The van der Waals surface area contributed by atoms with Crippen molar-refractivity contribution in [3.05, 3.63) is 41.1 Å². The van der Waals surface area contributed by atoms with Crippen molar-refractivity contribution in [3.8, 4) is 22.8 Å². The zero-order valence-corrected chi connectivity index (χ0v) is 12.0. The molecule has 0 unspecified atom stereocenters. The Balaban J connectivity index is 2.18. The molecule has 21 heavy (non-hydrogen) atoms. The van der Waals surface area contributed by atoms with Crippen molar-refractivity contribution in [2.45, 2.75) is 13.8 Å². The van der Waals surface area contributed by atoms with Gasteiger partial charge in [0.1, 0.15) is 13.2 Å². The molecule has 0 saturated heterocycles. The van der Waals surface area contributed by atoms with E-state index in [1.165, 1.54) is 0 Å². The first-order valence-electron chi connectivity index (χ1n) is 6.74. The maximum Gasteiger partial charge on any atom is 0.251 e. The van der Waals surface area contributed by atoms with Crippen LogP contribution in [0.15, 0.2) is 24.3 Å². The average Bonchev–Trinajstić information content (AvgIpc) is 2.45. The van der Waals surface area contributed by atoms with Crippen LogP contribution in [0.3, 0.4) is 0 Å². The van der Waals surface area contributed by atoms with E-state index in [0.29, 0.717) is 36.0 Å². The first-order valence-corrected chi connectivity index (χ1v) is 6.74. The molecule has 1 aromatic carbocycles. The van der Waals surface area contributed by atoms with Crippen molar-refractivity contribution in [1.29, 1.82) is 0 Å². The smallest absolute Gasteiger partial charge is 0.251 e. The summed E-state index contributed by atoms with van der Waals surface area (Å²) in [5, 5.41) is 0. The van der Waals surface area contributed by atoms with Crippen molar-refractivity contribution < 1.29 is 14.3 Å². The highest BCUT2D eigenvalue weighted by Crippen LogP contribution is 2.35. The van der Waals surface area contributed by atoms with Gasteiger partial charge in [0.2, 0.25) is 0 Å². The Morgan fingerprint density at radius 2 is 1.86 bits per heavy atom. The quantitative estimate of drug-likeness (QED) is 0.917. The Morgan fingerprint density at radius 1 is 1.14 bits per heavy atom. The van der Waals surface area contributed by atoms with Crippen LogP contribution in [-0.2, 0) is 0 Å². The predicted octanol–water partition coefficient (Wildman–Crippen LogP) is 2.24. The van der Waals surface area contributed by atoms with E-state index in [-0.39, 0.29) is 0 Å². The van der Waals surface area contributed by atoms with Crippen LogP contribution in [0, 0.1) is 13.8 Å². The molecule has 0 spiro atoms.